The minimum atomic E-state index is -1.79. The molecule has 0 bridgehead atoms. The Morgan fingerprint density at radius 2 is 1.86 bits per heavy atom. The van der Waals surface area contributed by atoms with Crippen LogP contribution in [0.4, 0.5) is 0 Å². The summed E-state index contributed by atoms with van der Waals surface area (Å²) in [6.07, 6.45) is 4.31. The molecule has 0 saturated carbocycles. The van der Waals surface area contributed by atoms with Gasteiger partial charge in [-0.3, -0.25) is 0 Å². The second-order valence-corrected chi connectivity index (χ2v) is 14.3. The summed E-state index contributed by atoms with van der Waals surface area (Å²) in [6.45, 7) is 12.2. The highest BCUT2D eigenvalue weighted by Crippen LogP contribution is 2.45. The summed E-state index contributed by atoms with van der Waals surface area (Å²) >= 11 is 6.21. The third kappa shape index (κ3) is 3.27. The average molecular weight is 415 g/mol. The highest BCUT2D eigenvalue weighted by atomic mass is 35.5. The van der Waals surface area contributed by atoms with Crippen LogP contribution in [0.5, 0.6) is 0 Å². The molecule has 2 aromatic heterocycles. The Balaban J connectivity index is 1.66. The molecule has 148 valence electrons. The average Bonchev–Trinajstić information content (AvgIpc) is 3.21. The standard InChI is InChI=1S/C21H27ClN4OSi/c1-21(2,3)28(4,5)27-11-14-10-17(16-9-7-6-8-15(14)16)26-13-25-18-19(22)23-12-24-20(18)26/h6-9,12-14,17H,10-11H2,1-5H3/t14-,17-/m1/s1. The second kappa shape index (κ2) is 6.93. The molecule has 28 heavy (non-hydrogen) atoms. The van der Waals surface area contributed by atoms with Crippen LogP contribution in [0, 0.1) is 0 Å². The van der Waals surface area contributed by atoms with Crippen molar-refractivity contribution < 1.29 is 4.43 Å². The number of nitrogens with zero attached hydrogens (tertiary/aromatic N) is 4. The third-order valence-corrected chi connectivity index (χ3v) is 11.2. The van der Waals surface area contributed by atoms with Crippen molar-refractivity contribution in [2.24, 2.45) is 0 Å². The molecule has 1 aromatic carbocycles. The first-order valence-electron chi connectivity index (χ1n) is 9.75. The summed E-state index contributed by atoms with van der Waals surface area (Å²) in [7, 11) is -1.79. The van der Waals surface area contributed by atoms with E-state index in [4.69, 9.17) is 16.0 Å². The zero-order chi connectivity index (χ0) is 20.1. The van der Waals surface area contributed by atoms with Gasteiger partial charge in [-0.15, -0.1) is 0 Å². The molecule has 3 aromatic rings. The fraction of sp³-hybridized carbons (Fsp3) is 0.476. The molecule has 0 amide bonds. The van der Waals surface area contributed by atoms with Gasteiger partial charge in [0.05, 0.1) is 12.4 Å². The van der Waals surface area contributed by atoms with E-state index in [0.717, 1.165) is 18.7 Å². The Bertz CT molecular complexity index is 1010. The van der Waals surface area contributed by atoms with E-state index in [9.17, 15) is 0 Å². The van der Waals surface area contributed by atoms with E-state index in [2.05, 4.69) is 77.6 Å². The topological polar surface area (TPSA) is 52.8 Å². The van der Waals surface area contributed by atoms with Gasteiger partial charge in [0.1, 0.15) is 11.8 Å². The lowest BCUT2D eigenvalue weighted by Crippen LogP contribution is -2.41. The minimum Gasteiger partial charge on any atom is -0.416 e. The van der Waals surface area contributed by atoms with Crippen LogP contribution in [0.15, 0.2) is 36.9 Å². The van der Waals surface area contributed by atoms with Crippen molar-refractivity contribution >= 4 is 31.1 Å². The van der Waals surface area contributed by atoms with Crippen LogP contribution < -0.4 is 0 Å². The number of aromatic nitrogens is 4. The summed E-state index contributed by atoms with van der Waals surface area (Å²) in [5.41, 5.74) is 4.13. The molecular formula is C21H27ClN4OSi. The zero-order valence-electron chi connectivity index (χ0n) is 17.1. The molecule has 1 aliphatic rings. The first-order chi connectivity index (χ1) is 13.2. The molecule has 4 rings (SSSR count). The SMILES string of the molecule is CC(C)(C)[Si](C)(C)OC[C@H]1C[C@@H](n2cnc3c(Cl)ncnc32)c2ccccc21. The van der Waals surface area contributed by atoms with Gasteiger partial charge in [0, 0.05) is 12.5 Å². The van der Waals surface area contributed by atoms with E-state index in [1.54, 1.807) is 0 Å². The Morgan fingerprint density at radius 1 is 1.14 bits per heavy atom. The summed E-state index contributed by atoms with van der Waals surface area (Å²) < 4.78 is 8.71. The zero-order valence-corrected chi connectivity index (χ0v) is 18.9. The van der Waals surface area contributed by atoms with Gasteiger partial charge in [-0.2, -0.15) is 0 Å². The smallest absolute Gasteiger partial charge is 0.192 e. The lowest BCUT2D eigenvalue weighted by molar-refractivity contribution is 0.257. The van der Waals surface area contributed by atoms with Crippen molar-refractivity contribution in [3.05, 3.63) is 53.2 Å². The van der Waals surface area contributed by atoms with Gasteiger partial charge in [-0.25, -0.2) is 15.0 Å². The van der Waals surface area contributed by atoms with Crippen LogP contribution in [-0.4, -0.2) is 34.4 Å². The van der Waals surface area contributed by atoms with Gasteiger partial charge in [-0.05, 0) is 35.7 Å². The van der Waals surface area contributed by atoms with Crippen molar-refractivity contribution in [1.82, 2.24) is 19.5 Å². The molecule has 0 N–H and O–H groups in total. The normalized spacial score (nSPS) is 19.9. The Morgan fingerprint density at radius 3 is 2.57 bits per heavy atom. The number of benzene rings is 1. The first-order valence-corrected chi connectivity index (χ1v) is 13.0. The van der Waals surface area contributed by atoms with Crippen LogP contribution in [0.25, 0.3) is 11.2 Å². The predicted molar refractivity (Wildman–Crippen MR) is 115 cm³/mol. The molecule has 2 heterocycles. The maximum absolute atomic E-state index is 6.57. The highest BCUT2D eigenvalue weighted by molar-refractivity contribution is 6.74. The number of fused-ring (bicyclic) bond motifs is 2. The maximum Gasteiger partial charge on any atom is 0.192 e. The van der Waals surface area contributed by atoms with Crippen molar-refractivity contribution in [3.8, 4) is 0 Å². The van der Waals surface area contributed by atoms with E-state index in [1.807, 2.05) is 6.33 Å². The van der Waals surface area contributed by atoms with E-state index < -0.39 is 8.32 Å². The van der Waals surface area contributed by atoms with Gasteiger partial charge in [0.2, 0.25) is 0 Å². The number of rotatable bonds is 4. The molecule has 0 fully saturated rings. The van der Waals surface area contributed by atoms with Gasteiger partial charge < -0.3 is 8.99 Å². The quantitative estimate of drug-likeness (QED) is 0.413. The van der Waals surface area contributed by atoms with Gasteiger partial charge >= 0.3 is 0 Å². The summed E-state index contributed by atoms with van der Waals surface area (Å²) in [5, 5.41) is 0.603. The van der Waals surface area contributed by atoms with E-state index >= 15 is 0 Å². The molecule has 0 radical (unpaired) electrons. The van der Waals surface area contributed by atoms with Crippen LogP contribution in [0.1, 0.15) is 50.3 Å². The van der Waals surface area contributed by atoms with Crippen LogP contribution >= 0.6 is 11.6 Å². The molecule has 1 aliphatic carbocycles. The Kier molecular flexibility index (Phi) is 4.84. The molecule has 0 spiro atoms. The summed E-state index contributed by atoms with van der Waals surface area (Å²) in [5.74, 6) is 0.366. The molecule has 2 atom stereocenters. The van der Waals surface area contributed by atoms with Gasteiger partial charge in [-0.1, -0.05) is 56.6 Å². The molecule has 0 unspecified atom stereocenters. The van der Waals surface area contributed by atoms with E-state index in [1.165, 1.54) is 17.5 Å². The number of hydrogen-bond acceptors (Lipinski definition) is 4. The predicted octanol–water partition coefficient (Wildman–Crippen LogP) is 5.58. The van der Waals surface area contributed by atoms with E-state index in [-0.39, 0.29) is 11.1 Å². The Labute approximate surface area is 172 Å². The largest absolute Gasteiger partial charge is 0.416 e. The van der Waals surface area contributed by atoms with Crippen molar-refractivity contribution in [2.75, 3.05) is 6.61 Å². The van der Waals surface area contributed by atoms with Crippen LogP contribution in [0.2, 0.25) is 23.3 Å². The molecule has 7 heteroatoms. The summed E-state index contributed by atoms with van der Waals surface area (Å²) in [4.78, 5) is 13.0. The van der Waals surface area contributed by atoms with Gasteiger partial charge in [0.15, 0.2) is 19.1 Å². The van der Waals surface area contributed by atoms with E-state index in [0.29, 0.717) is 16.6 Å². The highest BCUT2D eigenvalue weighted by Gasteiger charge is 2.39. The van der Waals surface area contributed by atoms with Crippen molar-refractivity contribution in [1.29, 1.82) is 0 Å². The first kappa shape index (κ1) is 19.5. The van der Waals surface area contributed by atoms with Gasteiger partial charge in [0.25, 0.3) is 0 Å². The fourth-order valence-corrected chi connectivity index (χ4v) is 4.94. The molecule has 0 saturated heterocycles. The van der Waals surface area contributed by atoms with Crippen molar-refractivity contribution in [2.45, 2.75) is 57.3 Å². The summed E-state index contributed by atoms with van der Waals surface area (Å²) in [6, 6.07) is 8.84. The monoisotopic (exact) mass is 414 g/mol. The lowest BCUT2D eigenvalue weighted by Gasteiger charge is -2.37. The number of halogens is 1. The van der Waals surface area contributed by atoms with Crippen LogP contribution in [0.3, 0.4) is 0 Å². The Hall–Kier alpha value is -1.76. The fourth-order valence-electron chi connectivity index (χ4n) is 3.71. The molecule has 5 nitrogen and oxygen atoms in total. The van der Waals surface area contributed by atoms with Crippen LogP contribution in [-0.2, 0) is 4.43 Å². The second-order valence-electron chi connectivity index (χ2n) is 9.14. The number of hydrogen-bond donors (Lipinski definition) is 0. The molecule has 0 aliphatic heterocycles. The van der Waals surface area contributed by atoms with Crippen molar-refractivity contribution in [3.63, 3.8) is 0 Å². The minimum absolute atomic E-state index is 0.181. The lowest BCUT2D eigenvalue weighted by atomic mass is 10.0. The third-order valence-electron chi connectivity index (χ3n) is 6.40. The maximum atomic E-state index is 6.57. The molecular weight excluding hydrogens is 388 g/mol. The number of imidazole rings is 1.